The molecule has 0 fully saturated rings. The molecule has 0 amide bonds. The molecule has 0 aromatic rings. The summed E-state index contributed by atoms with van der Waals surface area (Å²) < 4.78 is 68.8. The van der Waals surface area contributed by atoms with E-state index in [1.165, 1.54) is 225 Å². The lowest BCUT2D eigenvalue weighted by atomic mass is 9.99. The summed E-state index contributed by atoms with van der Waals surface area (Å²) in [6.45, 7) is 14.3. The van der Waals surface area contributed by atoms with Crippen LogP contribution in [0.2, 0.25) is 0 Å². The van der Waals surface area contributed by atoms with Gasteiger partial charge in [-0.1, -0.05) is 370 Å². The van der Waals surface area contributed by atoms with Crippen LogP contribution in [0.15, 0.2) is 0 Å². The van der Waals surface area contributed by atoms with E-state index in [1.807, 2.05) is 0 Å². The first kappa shape index (κ1) is 99.1. The van der Waals surface area contributed by atoms with Crippen molar-refractivity contribution in [2.75, 3.05) is 39.6 Å². The Kier molecular flexibility index (Phi) is 69.6. The lowest BCUT2D eigenvalue weighted by molar-refractivity contribution is -0.161. The lowest BCUT2D eigenvalue weighted by Gasteiger charge is -2.21. The molecule has 3 unspecified atom stereocenters. The highest BCUT2D eigenvalue weighted by Gasteiger charge is 2.30. The summed E-state index contributed by atoms with van der Waals surface area (Å²) in [5, 5.41) is 10.7. The SMILES string of the molecule is CCC(C)CCCCCCCCCCC(=O)OC[C@H](COP(=O)(O)OC[C@H](O)COP(=O)(O)OC[C@@H](COC(=O)CCCCCCCCCCCCCCCC(C)C)OC(=O)CCCCCCCCCCCCCCCCCC(C)C)OC(=O)CCCCCCCCCCCCCCC(C)C. The van der Waals surface area contributed by atoms with Crippen molar-refractivity contribution in [1.29, 1.82) is 0 Å². The summed E-state index contributed by atoms with van der Waals surface area (Å²) in [5.74, 6) is 1.04. The van der Waals surface area contributed by atoms with Crippen LogP contribution in [0, 0.1) is 23.7 Å². The highest BCUT2D eigenvalue weighted by Crippen LogP contribution is 2.45. The Morgan fingerprint density at radius 1 is 0.277 bits per heavy atom. The van der Waals surface area contributed by atoms with Crippen molar-refractivity contribution in [2.24, 2.45) is 23.7 Å². The van der Waals surface area contributed by atoms with E-state index in [9.17, 15) is 43.2 Å². The molecule has 0 saturated heterocycles. The zero-order chi connectivity index (χ0) is 74.6. The maximum absolute atomic E-state index is 13.1. The quantitative estimate of drug-likeness (QED) is 0.0222. The Labute approximate surface area is 619 Å². The van der Waals surface area contributed by atoms with Gasteiger partial charge in [0.15, 0.2) is 12.2 Å². The first-order valence-corrected chi connectivity index (χ1v) is 45.2. The van der Waals surface area contributed by atoms with Gasteiger partial charge in [0.05, 0.1) is 26.4 Å². The molecule has 0 aliphatic carbocycles. The minimum atomic E-state index is -4.96. The Morgan fingerprint density at radius 2 is 0.475 bits per heavy atom. The largest absolute Gasteiger partial charge is 0.472 e. The van der Waals surface area contributed by atoms with Crippen LogP contribution >= 0.6 is 15.6 Å². The molecule has 0 rings (SSSR count). The topological polar surface area (TPSA) is 237 Å². The van der Waals surface area contributed by atoms with Gasteiger partial charge in [-0.2, -0.15) is 0 Å². The van der Waals surface area contributed by atoms with E-state index in [2.05, 4.69) is 55.4 Å². The van der Waals surface area contributed by atoms with Gasteiger partial charge in [-0.15, -0.1) is 0 Å². The number of rotatable bonds is 79. The monoisotopic (exact) mass is 1480 g/mol. The predicted molar refractivity (Wildman–Crippen MR) is 414 cm³/mol. The number of esters is 4. The number of phosphoric ester groups is 2. The van der Waals surface area contributed by atoms with Crippen molar-refractivity contribution < 1.29 is 80.2 Å². The second-order valence-electron chi connectivity index (χ2n) is 31.2. The van der Waals surface area contributed by atoms with Gasteiger partial charge in [0, 0.05) is 25.7 Å². The highest BCUT2D eigenvalue weighted by molar-refractivity contribution is 7.47. The molecule has 0 aliphatic heterocycles. The average Bonchev–Trinajstić information content (AvgIpc) is 0.927. The normalized spacial score (nSPS) is 14.3. The fourth-order valence-electron chi connectivity index (χ4n) is 12.6. The molecule has 0 spiro atoms. The van der Waals surface area contributed by atoms with Crippen molar-refractivity contribution >= 4 is 39.5 Å². The molecule has 17 nitrogen and oxygen atoms in total. The summed E-state index contributed by atoms with van der Waals surface area (Å²) in [6.07, 6.45) is 58.1. The van der Waals surface area contributed by atoms with E-state index >= 15 is 0 Å². The van der Waals surface area contributed by atoms with Crippen LogP contribution in [0.4, 0.5) is 0 Å². The predicted octanol–water partition coefficient (Wildman–Crippen LogP) is 24.4. The van der Waals surface area contributed by atoms with Crippen molar-refractivity contribution in [3.8, 4) is 0 Å². The van der Waals surface area contributed by atoms with Gasteiger partial charge >= 0.3 is 39.5 Å². The number of phosphoric acid groups is 2. The molecule has 0 radical (unpaired) electrons. The van der Waals surface area contributed by atoms with Crippen LogP contribution in [-0.2, 0) is 65.4 Å². The first-order chi connectivity index (χ1) is 48.6. The maximum Gasteiger partial charge on any atom is 0.472 e. The van der Waals surface area contributed by atoms with Crippen molar-refractivity contribution in [3.05, 3.63) is 0 Å². The summed E-state index contributed by atoms with van der Waals surface area (Å²) in [5.41, 5.74) is 0. The van der Waals surface area contributed by atoms with Crippen LogP contribution in [-0.4, -0.2) is 96.7 Å². The summed E-state index contributed by atoms with van der Waals surface area (Å²) in [7, 11) is -9.93. The molecule has 0 aromatic heterocycles. The highest BCUT2D eigenvalue weighted by atomic mass is 31.2. The standard InChI is InChI=1S/C82H160O17P2/c1-9-75(8)61-53-45-37-32-33-39-47-55-63-80(85)93-69-78(99-82(87)65-57-49-41-31-25-19-18-22-28-36-44-52-60-74(6)7)71-97-101(90,91)95-67-76(83)66-94-100(88,89)96-70-77(68-92-79(84)62-54-46-38-29-23-17-13-15-21-27-35-43-51-59-73(4)5)98-81(86)64-56-48-40-30-24-16-12-10-11-14-20-26-34-42-50-58-72(2)3/h72-78,83H,9-71H2,1-8H3,(H,88,89)(H,90,91)/t75?,76-,77-,78-/m1/s1. The van der Waals surface area contributed by atoms with Crippen LogP contribution in [0.5, 0.6) is 0 Å². The number of hydrogen-bond donors (Lipinski definition) is 3. The molecule has 6 atom stereocenters. The van der Waals surface area contributed by atoms with E-state index < -0.39 is 97.5 Å². The van der Waals surface area contributed by atoms with Gasteiger partial charge in [0.2, 0.25) is 0 Å². The van der Waals surface area contributed by atoms with Crippen molar-refractivity contribution in [2.45, 2.75) is 440 Å². The zero-order valence-electron chi connectivity index (χ0n) is 66.5. The molecule has 0 saturated carbocycles. The van der Waals surface area contributed by atoms with Gasteiger partial charge in [-0.05, 0) is 49.4 Å². The van der Waals surface area contributed by atoms with Crippen LogP contribution in [0.3, 0.4) is 0 Å². The van der Waals surface area contributed by atoms with Gasteiger partial charge in [0.25, 0.3) is 0 Å². The summed E-state index contributed by atoms with van der Waals surface area (Å²) in [4.78, 5) is 73.1. The number of ether oxygens (including phenoxy) is 4. The van der Waals surface area contributed by atoms with Crippen molar-refractivity contribution in [1.82, 2.24) is 0 Å². The number of aliphatic hydroxyl groups excluding tert-OH is 1. The lowest BCUT2D eigenvalue weighted by Crippen LogP contribution is -2.30. The minimum absolute atomic E-state index is 0.106. The third-order valence-corrected chi connectivity index (χ3v) is 21.3. The van der Waals surface area contributed by atoms with E-state index in [0.717, 1.165) is 114 Å². The molecule has 101 heavy (non-hydrogen) atoms. The molecule has 0 aliphatic rings. The van der Waals surface area contributed by atoms with Gasteiger partial charge < -0.3 is 33.8 Å². The second-order valence-corrected chi connectivity index (χ2v) is 34.1. The fourth-order valence-corrected chi connectivity index (χ4v) is 14.2. The number of aliphatic hydroxyl groups is 1. The first-order valence-electron chi connectivity index (χ1n) is 42.2. The van der Waals surface area contributed by atoms with Gasteiger partial charge in [-0.3, -0.25) is 37.3 Å². The Morgan fingerprint density at radius 3 is 0.703 bits per heavy atom. The molecule has 0 bridgehead atoms. The van der Waals surface area contributed by atoms with Crippen LogP contribution in [0.25, 0.3) is 0 Å². The average molecular weight is 1480 g/mol. The smallest absolute Gasteiger partial charge is 0.462 e. The van der Waals surface area contributed by atoms with Gasteiger partial charge in [-0.25, -0.2) is 9.13 Å². The molecule has 3 N–H and O–H groups in total. The third kappa shape index (κ3) is 74.7. The molecule has 600 valence electrons. The van der Waals surface area contributed by atoms with E-state index in [-0.39, 0.29) is 25.7 Å². The molecule has 19 heteroatoms. The Balaban J connectivity index is 5.28. The second kappa shape index (κ2) is 71.0. The fraction of sp³-hybridized carbons (Fsp3) is 0.951. The summed E-state index contributed by atoms with van der Waals surface area (Å²) in [6, 6.07) is 0. The Hall–Kier alpha value is -1.94. The van der Waals surface area contributed by atoms with Crippen molar-refractivity contribution in [3.63, 3.8) is 0 Å². The maximum atomic E-state index is 13.1. The summed E-state index contributed by atoms with van der Waals surface area (Å²) >= 11 is 0. The van der Waals surface area contributed by atoms with E-state index in [1.54, 1.807) is 0 Å². The number of carbonyl (C=O) groups is 4. The van der Waals surface area contributed by atoms with E-state index in [0.29, 0.717) is 25.7 Å². The minimum Gasteiger partial charge on any atom is -0.462 e. The van der Waals surface area contributed by atoms with Crippen LogP contribution in [0.1, 0.15) is 421 Å². The van der Waals surface area contributed by atoms with Gasteiger partial charge in [0.1, 0.15) is 19.3 Å². The number of carbonyl (C=O) groups excluding carboxylic acids is 4. The third-order valence-electron chi connectivity index (χ3n) is 19.4. The molecule has 0 aromatic carbocycles. The van der Waals surface area contributed by atoms with Crippen LogP contribution < -0.4 is 0 Å². The Bertz CT molecular complexity index is 1970. The zero-order valence-corrected chi connectivity index (χ0v) is 68.3. The van der Waals surface area contributed by atoms with E-state index in [4.69, 9.17) is 37.0 Å². The molecule has 0 heterocycles. The number of unbranched alkanes of at least 4 members (excludes halogenated alkanes) is 44. The molecular weight excluding hydrogens is 1320 g/mol. The number of hydrogen-bond acceptors (Lipinski definition) is 15. The molecular formula is C82H160O17P2.